The second-order valence-corrected chi connectivity index (χ2v) is 17.0. The molecule has 0 heterocycles. The van der Waals surface area contributed by atoms with Crippen molar-refractivity contribution in [2.75, 3.05) is 47.5 Å². The molecule has 0 radical (unpaired) electrons. The maximum Gasteiger partial charge on any atom is 0.306 e. The first-order chi connectivity index (χ1) is 27.0. The minimum absolute atomic E-state index is 0.00552. The Morgan fingerprint density at radius 2 is 1.18 bits per heavy atom. The molecule has 0 aromatic carbocycles. The summed E-state index contributed by atoms with van der Waals surface area (Å²) in [5.41, 5.74) is 0. The third-order valence-electron chi connectivity index (χ3n) is 8.85. The SMILES string of the molecule is CCCCCCCC/C=C\CCCCCC/C=C/OC[C@H](COP(=O)([O-])OCC[N+](C)(C)C)OC(=O)CCC/C=C\C/C=C\C/C=C\C/C=C\CC(O)CCC. The minimum atomic E-state index is -4.57. The molecule has 0 aromatic heterocycles. The lowest BCUT2D eigenvalue weighted by molar-refractivity contribution is -0.870. The van der Waals surface area contributed by atoms with E-state index in [9.17, 15) is 19.4 Å². The van der Waals surface area contributed by atoms with E-state index < -0.39 is 19.9 Å². The summed E-state index contributed by atoms with van der Waals surface area (Å²) in [5.74, 6) is -0.429. The maximum absolute atomic E-state index is 12.6. The zero-order chi connectivity index (χ0) is 41.4. The van der Waals surface area contributed by atoms with E-state index in [1.165, 1.54) is 57.8 Å². The number of carbonyl (C=O) groups excluding carboxylic acids is 1. The third kappa shape index (κ3) is 41.4. The molecular formula is C46H82NO8P. The van der Waals surface area contributed by atoms with E-state index >= 15 is 0 Å². The molecule has 10 heteroatoms. The fraction of sp³-hybridized carbons (Fsp3) is 0.717. The highest BCUT2D eigenvalue weighted by Gasteiger charge is 2.20. The summed E-state index contributed by atoms with van der Waals surface area (Å²) in [7, 11) is 1.25. The van der Waals surface area contributed by atoms with Crippen LogP contribution < -0.4 is 4.89 Å². The van der Waals surface area contributed by atoms with Crippen molar-refractivity contribution in [3.63, 3.8) is 0 Å². The number of ether oxygens (including phenoxy) is 2. The molecular weight excluding hydrogens is 725 g/mol. The van der Waals surface area contributed by atoms with E-state index in [4.69, 9.17) is 18.5 Å². The molecule has 0 aromatic rings. The second-order valence-electron chi connectivity index (χ2n) is 15.6. The van der Waals surface area contributed by atoms with Gasteiger partial charge in [0.2, 0.25) is 0 Å². The van der Waals surface area contributed by atoms with Crippen LogP contribution in [-0.2, 0) is 27.9 Å². The van der Waals surface area contributed by atoms with Crippen LogP contribution in [0.5, 0.6) is 0 Å². The molecule has 324 valence electrons. The molecule has 0 amide bonds. The van der Waals surface area contributed by atoms with Crippen molar-refractivity contribution < 1.29 is 42.4 Å². The van der Waals surface area contributed by atoms with Gasteiger partial charge in [-0.15, -0.1) is 0 Å². The Bertz CT molecular complexity index is 1140. The molecule has 0 aliphatic rings. The summed E-state index contributed by atoms with van der Waals surface area (Å²) < 4.78 is 34.2. The first-order valence-corrected chi connectivity index (χ1v) is 23.2. The van der Waals surface area contributed by atoms with Crippen molar-refractivity contribution in [2.24, 2.45) is 0 Å². The molecule has 0 rings (SSSR count). The standard InChI is InChI=1S/C46H82NO8P/c1-6-8-9-10-11-12-13-14-15-16-20-23-26-29-32-35-40-52-42-45(43-54-56(50,51)53-41-39-47(3,4)5)55-46(49)38-34-31-28-25-22-19-17-18-21-24-27-30-33-37-44(48)36-7-2/h14-15,17,19,21,24-25,28,30,33,35,40,44-45,48H,6-13,16,18,20,22-23,26-27,29,31-32,34,36-39,41-43H2,1-5H3/b15-14-,19-17-,24-21-,28-25-,33-30-,40-35+/t44?,45-/m1/s1. The Morgan fingerprint density at radius 3 is 1.77 bits per heavy atom. The first-order valence-electron chi connectivity index (χ1n) is 21.8. The van der Waals surface area contributed by atoms with Gasteiger partial charge in [0.15, 0.2) is 6.10 Å². The number of aliphatic hydroxyl groups is 1. The number of phosphoric ester groups is 1. The summed E-state index contributed by atoms with van der Waals surface area (Å²) in [4.78, 5) is 25.0. The number of aliphatic hydroxyl groups excluding tert-OH is 1. The van der Waals surface area contributed by atoms with E-state index in [-0.39, 0.29) is 32.3 Å². The molecule has 0 spiro atoms. The van der Waals surface area contributed by atoms with Crippen LogP contribution >= 0.6 is 7.82 Å². The molecule has 0 aliphatic carbocycles. The second kappa shape index (κ2) is 38.3. The lowest BCUT2D eigenvalue weighted by Crippen LogP contribution is -2.37. The molecule has 2 unspecified atom stereocenters. The number of esters is 1. The smallest absolute Gasteiger partial charge is 0.306 e. The Labute approximate surface area is 343 Å². The van der Waals surface area contributed by atoms with Gasteiger partial charge in [-0.3, -0.25) is 9.36 Å². The van der Waals surface area contributed by atoms with E-state index in [2.05, 4.69) is 68.5 Å². The average Bonchev–Trinajstić information content (AvgIpc) is 3.14. The Morgan fingerprint density at radius 1 is 0.661 bits per heavy atom. The van der Waals surface area contributed by atoms with E-state index in [0.29, 0.717) is 17.4 Å². The van der Waals surface area contributed by atoms with Crippen LogP contribution in [0.15, 0.2) is 73.1 Å². The van der Waals surface area contributed by atoms with Gasteiger partial charge >= 0.3 is 5.97 Å². The van der Waals surface area contributed by atoms with Crippen molar-refractivity contribution in [1.82, 2.24) is 0 Å². The Kier molecular flexibility index (Phi) is 36.7. The number of phosphoric acid groups is 1. The first kappa shape index (κ1) is 53.7. The molecule has 3 atom stereocenters. The van der Waals surface area contributed by atoms with Crippen molar-refractivity contribution in [1.29, 1.82) is 0 Å². The van der Waals surface area contributed by atoms with E-state index in [1.54, 1.807) is 6.26 Å². The molecule has 0 saturated heterocycles. The fourth-order valence-electron chi connectivity index (χ4n) is 5.45. The molecule has 0 bridgehead atoms. The summed E-state index contributed by atoms with van der Waals surface area (Å²) in [6.45, 7) is 4.42. The molecule has 56 heavy (non-hydrogen) atoms. The maximum atomic E-state index is 12.6. The van der Waals surface area contributed by atoms with Gasteiger partial charge < -0.3 is 33.0 Å². The number of nitrogens with zero attached hydrogens (tertiary/aromatic N) is 1. The van der Waals surface area contributed by atoms with Gasteiger partial charge in [0.25, 0.3) is 7.82 Å². The van der Waals surface area contributed by atoms with Crippen LogP contribution in [0.2, 0.25) is 0 Å². The van der Waals surface area contributed by atoms with Gasteiger partial charge in [-0.1, -0.05) is 126 Å². The van der Waals surface area contributed by atoms with Crippen molar-refractivity contribution in [3.05, 3.63) is 73.1 Å². The lowest BCUT2D eigenvalue weighted by Gasteiger charge is -2.28. The number of hydrogen-bond acceptors (Lipinski definition) is 8. The number of unbranched alkanes of at least 4 members (excludes halogenated alkanes) is 12. The Hall–Kier alpha value is -2.26. The fourth-order valence-corrected chi connectivity index (χ4v) is 6.18. The van der Waals surface area contributed by atoms with Crippen LogP contribution in [-0.4, -0.2) is 75.3 Å². The summed E-state index contributed by atoms with van der Waals surface area (Å²) in [6.07, 6.45) is 46.5. The van der Waals surface area contributed by atoms with Gasteiger partial charge in [0.1, 0.15) is 19.8 Å². The quantitative estimate of drug-likeness (QED) is 0.0163. The van der Waals surface area contributed by atoms with Gasteiger partial charge in [-0.2, -0.15) is 0 Å². The zero-order valence-electron chi connectivity index (χ0n) is 36.2. The zero-order valence-corrected chi connectivity index (χ0v) is 37.1. The number of allylic oxidation sites excluding steroid dienone is 10. The topological polar surface area (TPSA) is 114 Å². The van der Waals surface area contributed by atoms with E-state index in [1.807, 2.05) is 33.3 Å². The van der Waals surface area contributed by atoms with Crippen molar-refractivity contribution in [3.8, 4) is 0 Å². The van der Waals surface area contributed by atoms with Crippen LogP contribution in [0.3, 0.4) is 0 Å². The van der Waals surface area contributed by atoms with Gasteiger partial charge in [0, 0.05) is 6.42 Å². The number of carbonyl (C=O) groups is 1. The van der Waals surface area contributed by atoms with Gasteiger partial charge in [0.05, 0.1) is 40.1 Å². The van der Waals surface area contributed by atoms with Crippen LogP contribution in [0, 0.1) is 0 Å². The monoisotopic (exact) mass is 808 g/mol. The van der Waals surface area contributed by atoms with E-state index in [0.717, 1.165) is 70.6 Å². The third-order valence-corrected chi connectivity index (χ3v) is 9.81. The highest BCUT2D eigenvalue weighted by molar-refractivity contribution is 7.45. The molecule has 0 saturated carbocycles. The predicted molar refractivity (Wildman–Crippen MR) is 232 cm³/mol. The normalized spacial score (nSPS) is 15.0. The number of rotatable bonds is 39. The van der Waals surface area contributed by atoms with Crippen LogP contribution in [0.1, 0.15) is 155 Å². The summed E-state index contributed by atoms with van der Waals surface area (Å²) in [5, 5.41) is 9.74. The largest absolute Gasteiger partial charge is 0.756 e. The lowest BCUT2D eigenvalue weighted by atomic mass is 10.1. The van der Waals surface area contributed by atoms with Crippen LogP contribution in [0.4, 0.5) is 0 Å². The van der Waals surface area contributed by atoms with Crippen LogP contribution in [0.25, 0.3) is 0 Å². The summed E-state index contributed by atoms with van der Waals surface area (Å²) in [6, 6.07) is 0. The molecule has 0 fully saturated rings. The number of likely N-dealkylation sites (N-methyl/N-ethyl adjacent to an activating group) is 1. The molecule has 1 N–H and O–H groups in total. The summed E-state index contributed by atoms with van der Waals surface area (Å²) >= 11 is 0. The molecule has 9 nitrogen and oxygen atoms in total. The highest BCUT2D eigenvalue weighted by Crippen LogP contribution is 2.38. The average molecular weight is 808 g/mol. The van der Waals surface area contributed by atoms with Gasteiger partial charge in [-0.25, -0.2) is 0 Å². The Balaban J connectivity index is 4.45. The molecule has 0 aliphatic heterocycles. The number of quaternary nitrogens is 1. The number of hydrogen-bond donors (Lipinski definition) is 1. The predicted octanol–water partition coefficient (Wildman–Crippen LogP) is 11.4. The van der Waals surface area contributed by atoms with Crippen molar-refractivity contribution >= 4 is 13.8 Å². The highest BCUT2D eigenvalue weighted by atomic mass is 31.2. The van der Waals surface area contributed by atoms with Crippen molar-refractivity contribution in [2.45, 2.75) is 167 Å². The van der Waals surface area contributed by atoms with Gasteiger partial charge in [-0.05, 0) is 89.5 Å². The minimum Gasteiger partial charge on any atom is -0.756 e.